The van der Waals surface area contributed by atoms with Gasteiger partial charge in [0.15, 0.2) is 0 Å². The number of ether oxygens (including phenoxy) is 1. The lowest BCUT2D eigenvalue weighted by atomic mass is 10.0. The van der Waals surface area contributed by atoms with Crippen LogP contribution in [-0.4, -0.2) is 17.4 Å². The van der Waals surface area contributed by atoms with E-state index >= 15 is 0 Å². The standard InChI is InChI=1S/C14H19BrO2/c1-4-17-14(16)13(15)9-11-5-7-12(8-6-11)10(2)3/h5-8,10,13H,4,9H2,1-3H3. The molecule has 0 N–H and O–H groups in total. The number of carbonyl (C=O) groups excluding carboxylic acids is 1. The predicted octanol–water partition coefficient (Wildman–Crippen LogP) is 3.68. The van der Waals surface area contributed by atoms with Gasteiger partial charge in [-0.1, -0.05) is 54.0 Å². The Morgan fingerprint density at radius 2 is 1.88 bits per heavy atom. The monoisotopic (exact) mass is 298 g/mol. The third-order valence-electron chi connectivity index (χ3n) is 2.60. The largest absolute Gasteiger partial charge is 0.465 e. The van der Waals surface area contributed by atoms with E-state index in [-0.39, 0.29) is 10.8 Å². The van der Waals surface area contributed by atoms with Gasteiger partial charge in [-0.05, 0) is 30.4 Å². The Morgan fingerprint density at radius 1 is 1.29 bits per heavy atom. The van der Waals surface area contributed by atoms with Crippen molar-refractivity contribution in [2.45, 2.75) is 37.9 Å². The molecule has 0 bridgehead atoms. The fourth-order valence-electron chi connectivity index (χ4n) is 1.56. The summed E-state index contributed by atoms with van der Waals surface area (Å²) < 4.78 is 4.95. The van der Waals surface area contributed by atoms with E-state index in [0.717, 1.165) is 5.56 Å². The summed E-state index contributed by atoms with van der Waals surface area (Å²) >= 11 is 3.35. The van der Waals surface area contributed by atoms with E-state index in [4.69, 9.17) is 4.74 Å². The molecule has 0 saturated heterocycles. The van der Waals surface area contributed by atoms with E-state index < -0.39 is 0 Å². The van der Waals surface area contributed by atoms with Crippen molar-refractivity contribution in [2.24, 2.45) is 0 Å². The Hall–Kier alpha value is -0.830. The number of esters is 1. The summed E-state index contributed by atoms with van der Waals surface area (Å²) in [6, 6.07) is 8.38. The first kappa shape index (κ1) is 14.2. The minimum atomic E-state index is -0.257. The van der Waals surface area contributed by atoms with Gasteiger partial charge in [-0.25, -0.2) is 0 Å². The second-order valence-electron chi connectivity index (χ2n) is 4.32. The summed E-state index contributed by atoms with van der Waals surface area (Å²) in [4.78, 5) is 11.2. The molecule has 1 aromatic rings. The highest BCUT2D eigenvalue weighted by atomic mass is 79.9. The smallest absolute Gasteiger partial charge is 0.320 e. The summed E-state index contributed by atoms with van der Waals surface area (Å²) in [7, 11) is 0. The lowest BCUT2D eigenvalue weighted by molar-refractivity contribution is -0.142. The first-order valence-corrected chi connectivity index (χ1v) is 6.85. The van der Waals surface area contributed by atoms with Gasteiger partial charge in [0.05, 0.1) is 6.61 Å². The number of hydrogen-bond donors (Lipinski definition) is 0. The average molecular weight is 299 g/mol. The van der Waals surface area contributed by atoms with Crippen LogP contribution in [0.4, 0.5) is 0 Å². The maximum atomic E-state index is 11.5. The van der Waals surface area contributed by atoms with E-state index in [1.165, 1.54) is 5.56 Å². The Balaban J connectivity index is 2.60. The molecule has 1 atom stereocenters. The molecule has 0 amide bonds. The van der Waals surface area contributed by atoms with Crippen molar-refractivity contribution in [1.29, 1.82) is 0 Å². The van der Waals surface area contributed by atoms with Crippen LogP contribution in [0.3, 0.4) is 0 Å². The van der Waals surface area contributed by atoms with Crippen LogP contribution in [0.15, 0.2) is 24.3 Å². The van der Waals surface area contributed by atoms with Crippen LogP contribution < -0.4 is 0 Å². The molecule has 0 aromatic heterocycles. The Morgan fingerprint density at radius 3 is 2.35 bits per heavy atom. The lowest BCUT2D eigenvalue weighted by Crippen LogP contribution is -2.19. The molecule has 1 aromatic carbocycles. The summed E-state index contributed by atoms with van der Waals surface area (Å²) in [5.41, 5.74) is 2.46. The summed E-state index contributed by atoms with van der Waals surface area (Å²) in [6.45, 7) is 6.57. The number of benzene rings is 1. The van der Waals surface area contributed by atoms with Crippen LogP contribution >= 0.6 is 15.9 Å². The number of carbonyl (C=O) groups is 1. The molecule has 0 saturated carbocycles. The predicted molar refractivity (Wildman–Crippen MR) is 73.6 cm³/mol. The van der Waals surface area contributed by atoms with Crippen molar-refractivity contribution in [3.8, 4) is 0 Å². The van der Waals surface area contributed by atoms with E-state index in [1.54, 1.807) is 0 Å². The third-order valence-corrected chi connectivity index (χ3v) is 3.30. The van der Waals surface area contributed by atoms with Gasteiger partial charge in [0.1, 0.15) is 4.83 Å². The second kappa shape index (κ2) is 6.80. The fourth-order valence-corrected chi connectivity index (χ4v) is 2.07. The third kappa shape index (κ3) is 4.50. The van der Waals surface area contributed by atoms with E-state index in [0.29, 0.717) is 18.9 Å². The van der Waals surface area contributed by atoms with Gasteiger partial charge in [-0.15, -0.1) is 0 Å². The van der Waals surface area contributed by atoms with Gasteiger partial charge < -0.3 is 4.74 Å². The van der Waals surface area contributed by atoms with Crippen LogP contribution in [0.5, 0.6) is 0 Å². The van der Waals surface area contributed by atoms with Crippen LogP contribution in [-0.2, 0) is 16.0 Å². The zero-order valence-corrected chi connectivity index (χ0v) is 12.2. The maximum Gasteiger partial charge on any atom is 0.320 e. The number of rotatable bonds is 5. The first-order valence-electron chi connectivity index (χ1n) is 5.94. The lowest BCUT2D eigenvalue weighted by Gasteiger charge is -2.10. The van der Waals surface area contributed by atoms with Gasteiger partial charge in [0.25, 0.3) is 0 Å². The van der Waals surface area contributed by atoms with Crippen LogP contribution in [0.25, 0.3) is 0 Å². The van der Waals surface area contributed by atoms with E-state index in [1.807, 2.05) is 6.92 Å². The highest BCUT2D eigenvalue weighted by Crippen LogP contribution is 2.17. The molecule has 0 aliphatic heterocycles. The number of alkyl halides is 1. The molecular formula is C14H19BrO2. The zero-order valence-electron chi connectivity index (χ0n) is 10.6. The van der Waals surface area contributed by atoms with Crippen molar-refractivity contribution in [1.82, 2.24) is 0 Å². The van der Waals surface area contributed by atoms with Crippen molar-refractivity contribution in [3.05, 3.63) is 35.4 Å². The first-order chi connectivity index (χ1) is 8.04. The molecule has 0 radical (unpaired) electrons. The highest BCUT2D eigenvalue weighted by Gasteiger charge is 2.16. The maximum absolute atomic E-state index is 11.5. The highest BCUT2D eigenvalue weighted by molar-refractivity contribution is 9.10. The number of hydrogen-bond acceptors (Lipinski definition) is 2. The molecular weight excluding hydrogens is 280 g/mol. The zero-order chi connectivity index (χ0) is 12.8. The van der Waals surface area contributed by atoms with Crippen molar-refractivity contribution in [2.75, 3.05) is 6.61 Å². The minimum absolute atomic E-state index is 0.194. The quantitative estimate of drug-likeness (QED) is 0.612. The summed E-state index contributed by atoms with van der Waals surface area (Å²) in [5, 5.41) is 0. The van der Waals surface area contributed by atoms with Crippen LogP contribution in [0.2, 0.25) is 0 Å². The molecule has 1 unspecified atom stereocenters. The molecule has 0 fully saturated rings. The van der Waals surface area contributed by atoms with Crippen LogP contribution in [0, 0.1) is 0 Å². The second-order valence-corrected chi connectivity index (χ2v) is 5.43. The molecule has 0 heterocycles. The van der Waals surface area contributed by atoms with Crippen LogP contribution in [0.1, 0.15) is 37.8 Å². The Kier molecular flexibility index (Phi) is 5.69. The van der Waals surface area contributed by atoms with Gasteiger partial charge in [0, 0.05) is 0 Å². The van der Waals surface area contributed by atoms with Crippen molar-refractivity contribution < 1.29 is 9.53 Å². The Bertz CT molecular complexity index is 357. The number of halogens is 1. The van der Waals surface area contributed by atoms with Gasteiger partial charge >= 0.3 is 5.97 Å². The summed E-state index contributed by atoms with van der Waals surface area (Å²) in [5.74, 6) is 0.342. The van der Waals surface area contributed by atoms with Gasteiger partial charge in [-0.2, -0.15) is 0 Å². The molecule has 0 aliphatic carbocycles. The van der Waals surface area contributed by atoms with E-state index in [2.05, 4.69) is 54.0 Å². The minimum Gasteiger partial charge on any atom is -0.465 e. The molecule has 0 aliphatic rings. The molecule has 0 spiro atoms. The molecule has 1 rings (SSSR count). The Labute approximate surface area is 111 Å². The van der Waals surface area contributed by atoms with Crippen molar-refractivity contribution in [3.63, 3.8) is 0 Å². The summed E-state index contributed by atoms with van der Waals surface area (Å²) in [6.07, 6.45) is 0.664. The topological polar surface area (TPSA) is 26.3 Å². The molecule has 17 heavy (non-hydrogen) atoms. The SMILES string of the molecule is CCOC(=O)C(Br)Cc1ccc(C(C)C)cc1. The van der Waals surface area contributed by atoms with Gasteiger partial charge in [0.2, 0.25) is 0 Å². The normalized spacial score (nSPS) is 12.5. The van der Waals surface area contributed by atoms with E-state index in [9.17, 15) is 4.79 Å². The average Bonchev–Trinajstić information content (AvgIpc) is 2.30. The molecule has 3 heteroatoms. The molecule has 94 valence electrons. The van der Waals surface area contributed by atoms with Gasteiger partial charge in [-0.3, -0.25) is 4.79 Å². The molecule has 2 nitrogen and oxygen atoms in total. The fraction of sp³-hybridized carbons (Fsp3) is 0.500. The van der Waals surface area contributed by atoms with Crippen molar-refractivity contribution >= 4 is 21.9 Å².